The molecule has 2 aromatic rings. The first-order chi connectivity index (χ1) is 10.6. The first kappa shape index (κ1) is 17.7. The number of Topliss-reactive ketones (excluding diaryl/α,β-unsaturated/α-hetero) is 1. The highest BCUT2D eigenvalue weighted by molar-refractivity contribution is 5.72. The molecular weight excluding hydrogens is 280 g/mol. The van der Waals surface area contributed by atoms with Crippen LogP contribution in [0.25, 0.3) is 0 Å². The number of hydrogen-bond acceptors (Lipinski definition) is 4. The average molecular weight is 302 g/mol. The van der Waals surface area contributed by atoms with Gasteiger partial charge in [0.25, 0.3) is 0 Å². The van der Waals surface area contributed by atoms with Gasteiger partial charge in [-0.3, -0.25) is 0 Å². The van der Waals surface area contributed by atoms with E-state index in [4.69, 9.17) is 14.6 Å². The third-order valence-electron chi connectivity index (χ3n) is 2.34. The van der Waals surface area contributed by atoms with Crippen LogP contribution in [0.15, 0.2) is 60.7 Å². The molecule has 0 bridgehead atoms. The topological polar surface area (TPSA) is 59.1 Å². The summed E-state index contributed by atoms with van der Waals surface area (Å²) in [6.07, 6.45) is 0.343. The van der Waals surface area contributed by atoms with Crippen LogP contribution >= 0.6 is 0 Å². The zero-order valence-electron chi connectivity index (χ0n) is 12.9. The molecule has 1 aliphatic rings. The van der Waals surface area contributed by atoms with Gasteiger partial charge in [-0.15, -0.1) is 0 Å². The molecule has 0 amide bonds. The fourth-order valence-corrected chi connectivity index (χ4v) is 1.30. The molecule has 4 heteroatoms. The van der Waals surface area contributed by atoms with Gasteiger partial charge < -0.3 is 19.4 Å². The fourth-order valence-electron chi connectivity index (χ4n) is 1.30. The average Bonchev–Trinajstić information content (AvgIpc) is 3.31. The summed E-state index contributed by atoms with van der Waals surface area (Å²) in [5.74, 6) is 1.41. The first-order valence-electron chi connectivity index (χ1n) is 7.08. The lowest BCUT2D eigenvalue weighted by molar-refractivity contribution is -0.114. The number of ketones is 1. The molecule has 0 aromatic heterocycles. The number of phenols is 1. The minimum absolute atomic E-state index is 0.167. The minimum Gasteiger partial charge on any atom is -0.508 e. The molecule has 2 aromatic carbocycles. The lowest BCUT2D eigenvalue weighted by atomic mass is 10.3. The summed E-state index contributed by atoms with van der Waals surface area (Å²) in [7, 11) is 0. The quantitative estimate of drug-likeness (QED) is 0.882. The standard InChI is InChI=1S/C9H10O2.C6H6O.C3H6O/c1-2-4-8(5-3-1)10-6-9-7-11-9;7-6-4-2-1-3-5-6;1-3(2)4/h1-5,9H,6-7H2;1-5,7H;1-2H3. The SMILES string of the molecule is CC(C)=O.Oc1ccccc1.c1ccc(OCC2CO2)cc1. The first-order valence-corrected chi connectivity index (χ1v) is 7.08. The number of carbonyl (C=O) groups is 1. The van der Waals surface area contributed by atoms with Crippen molar-refractivity contribution in [3.63, 3.8) is 0 Å². The maximum absolute atomic E-state index is 9.44. The van der Waals surface area contributed by atoms with Crippen LogP contribution in [0, 0.1) is 0 Å². The largest absolute Gasteiger partial charge is 0.508 e. The van der Waals surface area contributed by atoms with Gasteiger partial charge in [-0.05, 0) is 38.1 Å². The van der Waals surface area contributed by atoms with E-state index in [0.29, 0.717) is 18.5 Å². The van der Waals surface area contributed by atoms with Crippen molar-refractivity contribution in [2.45, 2.75) is 20.0 Å². The van der Waals surface area contributed by atoms with Crippen LogP contribution < -0.4 is 4.74 Å². The number of aromatic hydroxyl groups is 1. The van der Waals surface area contributed by atoms with Crippen LogP contribution in [0.3, 0.4) is 0 Å². The van der Waals surface area contributed by atoms with Crippen LogP contribution in [0.1, 0.15) is 13.8 Å². The number of epoxide rings is 1. The predicted octanol–water partition coefficient (Wildman–Crippen LogP) is 3.45. The van der Waals surface area contributed by atoms with Gasteiger partial charge in [0, 0.05) is 0 Å². The molecule has 3 rings (SSSR count). The highest BCUT2D eigenvalue weighted by atomic mass is 16.6. The number of benzene rings is 2. The minimum atomic E-state index is 0.167. The molecule has 1 heterocycles. The van der Waals surface area contributed by atoms with Crippen molar-refractivity contribution in [3.05, 3.63) is 60.7 Å². The van der Waals surface area contributed by atoms with Crippen LogP contribution in [0.2, 0.25) is 0 Å². The zero-order valence-corrected chi connectivity index (χ0v) is 12.9. The Labute approximate surface area is 131 Å². The van der Waals surface area contributed by atoms with Crippen molar-refractivity contribution < 1.29 is 19.4 Å². The van der Waals surface area contributed by atoms with Gasteiger partial charge in [0.2, 0.25) is 0 Å². The van der Waals surface area contributed by atoms with Crippen molar-refractivity contribution in [1.82, 2.24) is 0 Å². The number of ether oxygens (including phenoxy) is 2. The normalized spacial score (nSPS) is 14.5. The van der Waals surface area contributed by atoms with Crippen molar-refractivity contribution in [2.24, 2.45) is 0 Å². The van der Waals surface area contributed by atoms with Crippen LogP contribution in [0.5, 0.6) is 11.5 Å². The molecule has 118 valence electrons. The Hall–Kier alpha value is -2.33. The number of carbonyl (C=O) groups excluding carboxylic acids is 1. The van der Waals surface area contributed by atoms with Crippen LogP contribution in [0.4, 0.5) is 0 Å². The summed E-state index contributed by atoms with van der Waals surface area (Å²) in [5.41, 5.74) is 0. The number of phenolic OH excluding ortho intramolecular Hbond substituents is 1. The highest BCUT2D eigenvalue weighted by Gasteiger charge is 2.22. The van der Waals surface area contributed by atoms with E-state index in [1.807, 2.05) is 36.4 Å². The van der Waals surface area contributed by atoms with E-state index in [0.717, 1.165) is 12.4 Å². The molecule has 1 saturated heterocycles. The monoisotopic (exact) mass is 302 g/mol. The molecule has 1 unspecified atom stereocenters. The Balaban J connectivity index is 0.000000190. The number of rotatable bonds is 3. The summed E-state index contributed by atoms with van der Waals surface area (Å²) in [6, 6.07) is 18.5. The molecule has 22 heavy (non-hydrogen) atoms. The summed E-state index contributed by atoms with van der Waals surface area (Å²) in [6.45, 7) is 4.59. The van der Waals surface area contributed by atoms with Crippen molar-refractivity contribution >= 4 is 5.78 Å². The van der Waals surface area contributed by atoms with E-state index in [-0.39, 0.29) is 5.78 Å². The maximum Gasteiger partial charge on any atom is 0.126 e. The molecule has 0 saturated carbocycles. The molecule has 0 radical (unpaired) electrons. The Morgan fingerprint density at radius 2 is 1.55 bits per heavy atom. The van der Waals surface area contributed by atoms with Gasteiger partial charge in [0.15, 0.2) is 0 Å². The fraction of sp³-hybridized carbons (Fsp3) is 0.278. The zero-order chi connectivity index (χ0) is 16.2. The molecule has 0 aliphatic carbocycles. The van der Waals surface area contributed by atoms with Crippen molar-refractivity contribution in [3.8, 4) is 11.5 Å². The van der Waals surface area contributed by atoms with Crippen LogP contribution in [-0.4, -0.2) is 30.2 Å². The molecule has 1 N–H and O–H groups in total. The second-order valence-corrected chi connectivity index (χ2v) is 4.82. The third-order valence-corrected chi connectivity index (χ3v) is 2.34. The summed E-state index contributed by atoms with van der Waals surface area (Å²) in [5, 5.41) is 8.63. The molecule has 1 atom stereocenters. The summed E-state index contributed by atoms with van der Waals surface area (Å²) in [4.78, 5) is 9.44. The smallest absolute Gasteiger partial charge is 0.126 e. The van der Waals surface area contributed by atoms with Gasteiger partial charge in [0.05, 0.1) is 6.61 Å². The van der Waals surface area contributed by atoms with Crippen molar-refractivity contribution in [1.29, 1.82) is 0 Å². The molecular formula is C18H22O4. The van der Waals surface area contributed by atoms with Gasteiger partial charge >= 0.3 is 0 Å². The Kier molecular flexibility index (Phi) is 8.38. The van der Waals surface area contributed by atoms with Gasteiger partial charge in [0.1, 0.15) is 30.0 Å². The lowest BCUT2D eigenvalue weighted by Gasteiger charge is -2.01. The van der Waals surface area contributed by atoms with E-state index in [9.17, 15) is 4.79 Å². The summed E-state index contributed by atoms with van der Waals surface area (Å²) < 4.78 is 10.4. The maximum atomic E-state index is 9.44. The highest BCUT2D eigenvalue weighted by Crippen LogP contribution is 2.13. The van der Waals surface area contributed by atoms with E-state index in [1.54, 1.807) is 24.3 Å². The van der Waals surface area contributed by atoms with E-state index in [2.05, 4.69) is 0 Å². The predicted molar refractivity (Wildman–Crippen MR) is 86.1 cm³/mol. The van der Waals surface area contributed by atoms with E-state index >= 15 is 0 Å². The Morgan fingerprint density at radius 1 is 1.09 bits per heavy atom. The third kappa shape index (κ3) is 10.5. The van der Waals surface area contributed by atoms with Gasteiger partial charge in [-0.1, -0.05) is 36.4 Å². The second-order valence-electron chi connectivity index (χ2n) is 4.82. The summed E-state index contributed by atoms with van der Waals surface area (Å²) >= 11 is 0. The molecule has 1 aliphatic heterocycles. The second kappa shape index (κ2) is 10.4. The Bertz CT molecular complexity index is 517. The number of para-hydroxylation sites is 2. The lowest BCUT2D eigenvalue weighted by Crippen LogP contribution is -2.03. The van der Waals surface area contributed by atoms with Crippen LogP contribution in [-0.2, 0) is 9.53 Å². The van der Waals surface area contributed by atoms with Crippen molar-refractivity contribution in [2.75, 3.05) is 13.2 Å². The Morgan fingerprint density at radius 3 is 1.91 bits per heavy atom. The van der Waals surface area contributed by atoms with E-state index < -0.39 is 0 Å². The van der Waals surface area contributed by atoms with E-state index in [1.165, 1.54) is 13.8 Å². The van der Waals surface area contributed by atoms with Gasteiger partial charge in [-0.25, -0.2) is 0 Å². The molecule has 4 nitrogen and oxygen atoms in total. The number of hydrogen-bond donors (Lipinski definition) is 1. The van der Waals surface area contributed by atoms with Gasteiger partial charge in [-0.2, -0.15) is 0 Å². The molecule has 1 fully saturated rings. The molecule has 0 spiro atoms.